The van der Waals surface area contributed by atoms with Gasteiger partial charge >= 0.3 is 0 Å². The second-order valence-electron chi connectivity index (χ2n) is 4.43. The van der Waals surface area contributed by atoms with Gasteiger partial charge in [-0.2, -0.15) is 0 Å². The van der Waals surface area contributed by atoms with Crippen LogP contribution in [0.25, 0.3) is 0 Å². The number of aliphatic hydroxyl groups is 1. The van der Waals surface area contributed by atoms with Gasteiger partial charge in [-0.3, -0.25) is 4.79 Å². The fourth-order valence-electron chi connectivity index (χ4n) is 2.03. The molecule has 0 saturated carbocycles. The van der Waals surface area contributed by atoms with Crippen LogP contribution in [-0.2, 0) is 4.79 Å². The number of aliphatic carboxylic acids is 1. The molecule has 18 heavy (non-hydrogen) atoms. The van der Waals surface area contributed by atoms with Crippen LogP contribution in [0.4, 0.5) is 0 Å². The molecule has 2 atom stereocenters. The van der Waals surface area contributed by atoms with Gasteiger partial charge < -0.3 is 15.5 Å². The number of carboxylic acids is 1. The van der Waals surface area contributed by atoms with Gasteiger partial charge in [-0.25, -0.2) is 0 Å². The molecular weight excluding hydrogens is 230 g/mol. The van der Waals surface area contributed by atoms with Crippen LogP contribution in [-0.4, -0.2) is 28.8 Å². The van der Waals surface area contributed by atoms with Crippen molar-refractivity contribution in [3.63, 3.8) is 0 Å². The van der Waals surface area contributed by atoms with E-state index in [4.69, 9.17) is 9.90 Å². The lowest BCUT2D eigenvalue weighted by Crippen LogP contribution is -2.38. The number of hydrogen-bond acceptors (Lipinski definition) is 3. The van der Waals surface area contributed by atoms with Crippen LogP contribution in [0, 0.1) is 0 Å². The highest BCUT2D eigenvalue weighted by atomic mass is 16.4. The van der Waals surface area contributed by atoms with Gasteiger partial charge in [-0.05, 0) is 24.9 Å². The minimum Gasteiger partial charge on any atom is -0.481 e. The number of rotatable bonds is 2. The molecule has 3 N–H and O–H groups in total. The molecule has 1 aliphatic heterocycles. The van der Waals surface area contributed by atoms with E-state index < -0.39 is 5.97 Å². The third-order valence-corrected chi connectivity index (χ3v) is 2.87. The maximum atomic E-state index is 10.1. The summed E-state index contributed by atoms with van der Waals surface area (Å²) in [4.78, 5) is 9.00. The predicted molar refractivity (Wildman–Crippen MR) is 70.4 cm³/mol. The maximum Gasteiger partial charge on any atom is 0.300 e. The van der Waals surface area contributed by atoms with Crippen LogP contribution in [0.3, 0.4) is 0 Å². The molecule has 0 aromatic heterocycles. The summed E-state index contributed by atoms with van der Waals surface area (Å²) in [5, 5.41) is 20.9. The largest absolute Gasteiger partial charge is 0.481 e. The fraction of sp³-hybridized carbons (Fsp3) is 0.500. The quantitative estimate of drug-likeness (QED) is 0.751. The summed E-state index contributed by atoms with van der Waals surface area (Å²) in [6, 6.07) is 10.1. The molecule has 1 aliphatic rings. The first-order valence-electron chi connectivity index (χ1n) is 6.27. The van der Waals surface area contributed by atoms with Gasteiger partial charge in [0.05, 0.1) is 6.10 Å². The second kappa shape index (κ2) is 7.84. The van der Waals surface area contributed by atoms with Gasteiger partial charge in [0.2, 0.25) is 0 Å². The van der Waals surface area contributed by atoms with E-state index in [1.165, 1.54) is 12.8 Å². The van der Waals surface area contributed by atoms with Gasteiger partial charge in [0.25, 0.3) is 5.97 Å². The monoisotopic (exact) mass is 251 g/mol. The standard InChI is InChI=1S/C12H17NO.C2H4O2/c14-12(10-6-2-1-3-7-10)11-8-4-5-9-13-11;1-2(3)4/h1-3,6-7,11-14H,4-5,8-9H2;1H3,(H,3,4). The van der Waals surface area contributed by atoms with Crippen LogP contribution in [0.5, 0.6) is 0 Å². The third-order valence-electron chi connectivity index (χ3n) is 2.87. The molecule has 0 amide bonds. The molecule has 1 aromatic rings. The summed E-state index contributed by atoms with van der Waals surface area (Å²) < 4.78 is 0. The molecule has 4 nitrogen and oxygen atoms in total. The second-order valence-corrected chi connectivity index (χ2v) is 4.43. The van der Waals surface area contributed by atoms with Crippen molar-refractivity contribution in [1.82, 2.24) is 5.32 Å². The van der Waals surface area contributed by atoms with E-state index in [9.17, 15) is 5.11 Å². The molecule has 2 unspecified atom stereocenters. The zero-order chi connectivity index (χ0) is 13.4. The molecule has 2 rings (SSSR count). The van der Waals surface area contributed by atoms with Gasteiger partial charge in [0.1, 0.15) is 0 Å². The normalized spacial score (nSPS) is 20.4. The summed E-state index contributed by atoms with van der Waals surface area (Å²) in [7, 11) is 0. The summed E-state index contributed by atoms with van der Waals surface area (Å²) in [6.45, 7) is 2.12. The molecule has 100 valence electrons. The number of nitrogens with one attached hydrogen (secondary N) is 1. The van der Waals surface area contributed by atoms with Crippen molar-refractivity contribution in [3.05, 3.63) is 35.9 Å². The molecule has 0 aliphatic carbocycles. The molecule has 0 radical (unpaired) electrons. The topological polar surface area (TPSA) is 69.6 Å². The van der Waals surface area contributed by atoms with E-state index >= 15 is 0 Å². The number of carboxylic acid groups (broad SMARTS) is 1. The van der Waals surface area contributed by atoms with Crippen molar-refractivity contribution in [2.24, 2.45) is 0 Å². The van der Waals surface area contributed by atoms with Crippen molar-refractivity contribution >= 4 is 5.97 Å². The predicted octanol–water partition coefficient (Wildman–Crippen LogP) is 1.95. The summed E-state index contributed by atoms with van der Waals surface area (Å²) >= 11 is 0. The SMILES string of the molecule is CC(=O)O.OC(c1ccccc1)C1CCCCN1. The first kappa shape index (κ1) is 14.7. The molecule has 4 heteroatoms. The summed E-state index contributed by atoms with van der Waals surface area (Å²) in [5.74, 6) is -0.833. The van der Waals surface area contributed by atoms with E-state index in [0.29, 0.717) is 0 Å². The first-order chi connectivity index (χ1) is 8.61. The average molecular weight is 251 g/mol. The molecule has 1 aromatic carbocycles. The zero-order valence-corrected chi connectivity index (χ0v) is 10.7. The Kier molecular flexibility index (Phi) is 6.39. The number of aliphatic hydroxyl groups excluding tert-OH is 1. The molecule has 1 saturated heterocycles. The van der Waals surface area contributed by atoms with Crippen molar-refractivity contribution in [3.8, 4) is 0 Å². The highest BCUT2D eigenvalue weighted by molar-refractivity contribution is 5.62. The van der Waals surface area contributed by atoms with Crippen molar-refractivity contribution in [2.45, 2.75) is 38.3 Å². The summed E-state index contributed by atoms with van der Waals surface area (Å²) in [5.41, 5.74) is 1.02. The summed E-state index contributed by atoms with van der Waals surface area (Å²) in [6.07, 6.45) is 3.19. The lowest BCUT2D eigenvalue weighted by atomic mass is 9.95. The molecule has 1 fully saturated rings. The Hall–Kier alpha value is -1.39. The van der Waals surface area contributed by atoms with Gasteiger partial charge in [0.15, 0.2) is 0 Å². The Morgan fingerprint density at radius 3 is 2.44 bits per heavy atom. The molecular formula is C14H21NO3. The van der Waals surface area contributed by atoms with E-state index in [0.717, 1.165) is 25.5 Å². The maximum absolute atomic E-state index is 10.1. The number of carbonyl (C=O) groups is 1. The fourth-order valence-corrected chi connectivity index (χ4v) is 2.03. The van der Waals surface area contributed by atoms with Crippen LogP contribution in [0.2, 0.25) is 0 Å². The van der Waals surface area contributed by atoms with Crippen molar-refractivity contribution in [2.75, 3.05) is 6.54 Å². The minimum absolute atomic E-state index is 0.242. The Morgan fingerprint density at radius 2 is 1.94 bits per heavy atom. The smallest absolute Gasteiger partial charge is 0.300 e. The Balaban J connectivity index is 0.000000357. The number of hydrogen-bond donors (Lipinski definition) is 3. The molecule has 0 spiro atoms. The van der Waals surface area contributed by atoms with Gasteiger partial charge in [-0.1, -0.05) is 36.8 Å². The van der Waals surface area contributed by atoms with E-state index in [-0.39, 0.29) is 12.1 Å². The van der Waals surface area contributed by atoms with Crippen molar-refractivity contribution in [1.29, 1.82) is 0 Å². The van der Waals surface area contributed by atoms with Gasteiger partial charge in [0, 0.05) is 13.0 Å². The first-order valence-corrected chi connectivity index (χ1v) is 6.27. The van der Waals surface area contributed by atoms with Crippen LogP contribution >= 0.6 is 0 Å². The Labute approximate surface area is 108 Å². The van der Waals surface area contributed by atoms with E-state index in [2.05, 4.69) is 5.32 Å². The Morgan fingerprint density at radius 1 is 1.33 bits per heavy atom. The van der Waals surface area contributed by atoms with Crippen molar-refractivity contribution < 1.29 is 15.0 Å². The third kappa shape index (κ3) is 5.29. The Bertz CT molecular complexity index is 343. The van der Waals surface area contributed by atoms with Gasteiger partial charge in [-0.15, -0.1) is 0 Å². The molecule has 0 bridgehead atoms. The lowest BCUT2D eigenvalue weighted by molar-refractivity contribution is -0.134. The minimum atomic E-state index is -0.833. The van der Waals surface area contributed by atoms with Crippen LogP contribution < -0.4 is 5.32 Å². The van der Waals surface area contributed by atoms with E-state index in [1.54, 1.807) is 0 Å². The van der Waals surface area contributed by atoms with Crippen LogP contribution in [0.15, 0.2) is 30.3 Å². The lowest BCUT2D eigenvalue weighted by Gasteiger charge is -2.28. The highest BCUT2D eigenvalue weighted by Crippen LogP contribution is 2.22. The molecule has 1 heterocycles. The highest BCUT2D eigenvalue weighted by Gasteiger charge is 2.21. The van der Waals surface area contributed by atoms with Crippen LogP contribution in [0.1, 0.15) is 37.9 Å². The number of piperidine rings is 1. The average Bonchev–Trinajstić information content (AvgIpc) is 2.39. The number of benzene rings is 1. The van der Waals surface area contributed by atoms with E-state index in [1.807, 2.05) is 30.3 Å². The zero-order valence-electron chi connectivity index (χ0n) is 10.7.